The van der Waals surface area contributed by atoms with Crippen molar-refractivity contribution in [2.24, 2.45) is 5.73 Å². The summed E-state index contributed by atoms with van der Waals surface area (Å²) in [5.41, 5.74) is 6.54. The molecule has 0 unspecified atom stereocenters. The predicted octanol–water partition coefficient (Wildman–Crippen LogP) is 1.64. The maximum Gasteiger partial charge on any atom is 0.234 e. The number of hydrogen-bond acceptors (Lipinski definition) is 6. The Balaban J connectivity index is 2.11. The zero-order valence-corrected chi connectivity index (χ0v) is 11.2. The molecule has 0 amide bonds. The van der Waals surface area contributed by atoms with Crippen LogP contribution < -0.4 is 5.73 Å². The van der Waals surface area contributed by atoms with Gasteiger partial charge in [0.05, 0.1) is 0 Å². The van der Waals surface area contributed by atoms with E-state index in [0.29, 0.717) is 13.0 Å². The summed E-state index contributed by atoms with van der Waals surface area (Å²) in [6.07, 6.45) is 0.673. The molecule has 0 saturated heterocycles. The molecule has 0 aliphatic carbocycles. The molecule has 0 bridgehead atoms. The van der Waals surface area contributed by atoms with Gasteiger partial charge in [-0.3, -0.25) is 0 Å². The van der Waals surface area contributed by atoms with Gasteiger partial charge in [-0.15, -0.1) is 22.8 Å². The number of rotatable bonds is 3. The maximum absolute atomic E-state index is 5.54. The molecule has 0 fully saturated rings. The van der Waals surface area contributed by atoms with E-state index >= 15 is 0 Å². The van der Waals surface area contributed by atoms with Crippen LogP contribution in [-0.2, 0) is 6.42 Å². The monoisotopic (exact) mass is 277 g/mol. The highest BCUT2D eigenvalue weighted by molar-refractivity contribution is 7.80. The lowest BCUT2D eigenvalue weighted by molar-refractivity contribution is 0.800. The molecule has 0 radical (unpaired) electrons. The van der Waals surface area contributed by atoms with E-state index in [0.717, 1.165) is 26.3 Å². The SMILES string of the molecule is NCCc1nnc2sc(-c3ccccc3S)nn12. The molecular formula is C11H11N5S2. The fourth-order valence-corrected chi connectivity index (χ4v) is 2.95. The summed E-state index contributed by atoms with van der Waals surface area (Å²) in [5, 5.41) is 13.6. The van der Waals surface area contributed by atoms with E-state index in [2.05, 4.69) is 27.9 Å². The first-order valence-corrected chi connectivity index (χ1v) is 6.75. The molecule has 0 aliphatic rings. The Morgan fingerprint density at radius 3 is 2.89 bits per heavy atom. The summed E-state index contributed by atoms with van der Waals surface area (Å²) < 4.78 is 1.76. The number of benzene rings is 1. The van der Waals surface area contributed by atoms with E-state index in [1.807, 2.05) is 24.3 Å². The lowest BCUT2D eigenvalue weighted by atomic mass is 10.2. The molecule has 2 aromatic heterocycles. The second kappa shape index (κ2) is 4.68. The second-order valence-electron chi connectivity index (χ2n) is 3.77. The molecule has 1 aromatic carbocycles. The molecule has 3 aromatic rings. The first kappa shape index (κ1) is 11.6. The largest absolute Gasteiger partial charge is 0.330 e. The lowest BCUT2D eigenvalue weighted by Gasteiger charge is -1.98. The van der Waals surface area contributed by atoms with Crippen LogP contribution in [0.1, 0.15) is 5.82 Å². The van der Waals surface area contributed by atoms with Gasteiger partial charge >= 0.3 is 0 Å². The smallest absolute Gasteiger partial charge is 0.234 e. The Morgan fingerprint density at radius 1 is 1.28 bits per heavy atom. The third-order valence-corrected chi connectivity index (χ3v) is 3.88. The fraction of sp³-hybridized carbons (Fsp3) is 0.182. The third-order valence-electron chi connectivity index (χ3n) is 2.56. The van der Waals surface area contributed by atoms with E-state index in [1.165, 1.54) is 11.3 Å². The van der Waals surface area contributed by atoms with Crippen molar-refractivity contribution in [1.82, 2.24) is 19.8 Å². The van der Waals surface area contributed by atoms with Gasteiger partial charge in [-0.25, -0.2) is 0 Å². The van der Waals surface area contributed by atoms with E-state index in [1.54, 1.807) is 4.52 Å². The highest BCUT2D eigenvalue weighted by Gasteiger charge is 2.13. The van der Waals surface area contributed by atoms with Crippen molar-refractivity contribution < 1.29 is 0 Å². The van der Waals surface area contributed by atoms with Crippen molar-refractivity contribution in [3.05, 3.63) is 30.1 Å². The van der Waals surface area contributed by atoms with Crippen molar-refractivity contribution in [1.29, 1.82) is 0 Å². The first-order chi connectivity index (χ1) is 8.79. The normalized spacial score (nSPS) is 11.2. The van der Waals surface area contributed by atoms with Crippen LogP contribution in [0.3, 0.4) is 0 Å². The molecule has 0 atom stereocenters. The highest BCUT2D eigenvalue weighted by atomic mass is 32.1. The van der Waals surface area contributed by atoms with Gasteiger partial charge in [-0.2, -0.15) is 9.61 Å². The van der Waals surface area contributed by atoms with E-state index in [9.17, 15) is 0 Å². The van der Waals surface area contributed by atoms with Crippen molar-refractivity contribution in [3.63, 3.8) is 0 Å². The number of nitrogens with two attached hydrogens (primary N) is 1. The number of nitrogens with zero attached hydrogens (tertiary/aromatic N) is 4. The minimum atomic E-state index is 0.539. The van der Waals surface area contributed by atoms with Crippen LogP contribution in [0.25, 0.3) is 15.5 Å². The summed E-state index contributed by atoms with van der Waals surface area (Å²) in [6, 6.07) is 7.86. The van der Waals surface area contributed by atoms with Gasteiger partial charge in [0, 0.05) is 16.9 Å². The summed E-state index contributed by atoms with van der Waals surface area (Å²) in [6.45, 7) is 0.539. The minimum absolute atomic E-state index is 0.539. The van der Waals surface area contributed by atoms with Gasteiger partial charge in [0.25, 0.3) is 0 Å². The molecule has 0 saturated carbocycles. The Hall–Kier alpha value is -1.44. The average molecular weight is 277 g/mol. The molecule has 3 rings (SSSR count). The van der Waals surface area contributed by atoms with Crippen LogP contribution in [0.5, 0.6) is 0 Å². The predicted molar refractivity (Wildman–Crippen MR) is 74.1 cm³/mol. The lowest BCUT2D eigenvalue weighted by Crippen LogP contribution is -2.06. The molecular weight excluding hydrogens is 266 g/mol. The Morgan fingerprint density at radius 2 is 2.11 bits per heavy atom. The molecule has 2 N–H and O–H groups in total. The van der Waals surface area contributed by atoms with Crippen LogP contribution in [0, 0.1) is 0 Å². The summed E-state index contributed by atoms with van der Waals surface area (Å²) in [7, 11) is 0. The zero-order chi connectivity index (χ0) is 12.5. The van der Waals surface area contributed by atoms with Gasteiger partial charge in [0.15, 0.2) is 5.82 Å². The standard InChI is InChI=1S/C11H11N5S2/c12-6-5-9-13-14-11-16(9)15-10(18-11)7-3-1-2-4-8(7)17/h1-4,17H,5-6,12H2. The maximum atomic E-state index is 5.54. The van der Waals surface area contributed by atoms with E-state index in [-0.39, 0.29) is 0 Å². The first-order valence-electron chi connectivity index (χ1n) is 5.49. The molecule has 18 heavy (non-hydrogen) atoms. The summed E-state index contributed by atoms with van der Waals surface area (Å²) in [4.78, 5) is 1.69. The second-order valence-corrected chi connectivity index (χ2v) is 5.21. The number of hydrogen-bond donors (Lipinski definition) is 2. The van der Waals surface area contributed by atoms with E-state index in [4.69, 9.17) is 5.73 Å². The van der Waals surface area contributed by atoms with Crippen molar-refractivity contribution in [3.8, 4) is 10.6 Å². The molecule has 5 nitrogen and oxygen atoms in total. The minimum Gasteiger partial charge on any atom is -0.330 e. The highest BCUT2D eigenvalue weighted by Crippen LogP contribution is 2.29. The van der Waals surface area contributed by atoms with Crippen LogP contribution >= 0.6 is 24.0 Å². The number of aromatic nitrogens is 4. The summed E-state index contributed by atoms with van der Waals surface area (Å²) >= 11 is 5.94. The zero-order valence-electron chi connectivity index (χ0n) is 9.45. The average Bonchev–Trinajstić information content (AvgIpc) is 2.92. The molecule has 0 spiro atoms. The number of fused-ring (bicyclic) bond motifs is 1. The van der Waals surface area contributed by atoms with Crippen LogP contribution in [-0.4, -0.2) is 26.4 Å². The van der Waals surface area contributed by atoms with Gasteiger partial charge < -0.3 is 5.73 Å². The summed E-state index contributed by atoms with van der Waals surface area (Å²) in [5.74, 6) is 0.798. The fourth-order valence-electron chi connectivity index (χ4n) is 1.71. The van der Waals surface area contributed by atoms with Crippen molar-refractivity contribution >= 4 is 28.9 Å². The third kappa shape index (κ3) is 1.90. The van der Waals surface area contributed by atoms with Gasteiger partial charge in [-0.05, 0) is 12.6 Å². The van der Waals surface area contributed by atoms with Gasteiger partial charge in [-0.1, -0.05) is 29.5 Å². The van der Waals surface area contributed by atoms with Gasteiger partial charge in [0.1, 0.15) is 5.01 Å². The Labute approximate surface area is 113 Å². The van der Waals surface area contributed by atoms with Crippen molar-refractivity contribution in [2.75, 3.05) is 6.54 Å². The molecule has 0 aliphatic heterocycles. The molecule has 92 valence electrons. The van der Waals surface area contributed by atoms with Crippen LogP contribution in [0.2, 0.25) is 0 Å². The van der Waals surface area contributed by atoms with E-state index < -0.39 is 0 Å². The topological polar surface area (TPSA) is 69.1 Å². The van der Waals surface area contributed by atoms with Crippen molar-refractivity contribution in [2.45, 2.75) is 11.3 Å². The van der Waals surface area contributed by atoms with Gasteiger partial charge in [0.2, 0.25) is 4.96 Å². The number of thiol groups is 1. The molecule has 2 heterocycles. The van der Waals surface area contributed by atoms with Crippen LogP contribution in [0.15, 0.2) is 29.2 Å². The molecule has 7 heteroatoms. The Kier molecular flexibility index (Phi) is 3.02. The Bertz CT molecular complexity index is 688. The quantitative estimate of drug-likeness (QED) is 0.714. The van der Waals surface area contributed by atoms with Crippen LogP contribution in [0.4, 0.5) is 0 Å².